The number of aliphatic hydroxyl groups excluding tert-OH is 3. The third-order valence-corrected chi connectivity index (χ3v) is 6.70. The molecule has 1 fully saturated rings. The number of phenolic OH excluding ortho intramolecular Hbond substituents is 1. The maximum Gasteiger partial charge on any atom is 0.255 e. The zero-order chi connectivity index (χ0) is 22.3. The van der Waals surface area contributed by atoms with Gasteiger partial charge in [0, 0.05) is 23.8 Å². The van der Waals surface area contributed by atoms with E-state index >= 15 is 0 Å². The van der Waals surface area contributed by atoms with Crippen LogP contribution in [-0.2, 0) is 14.4 Å². The number of aromatic hydroxyl groups is 1. The highest BCUT2D eigenvalue weighted by Crippen LogP contribution is 2.55. The monoisotopic (exact) mass is 415 g/mol. The van der Waals surface area contributed by atoms with Crippen molar-refractivity contribution in [1.82, 2.24) is 0 Å². The number of amides is 1. The average molecular weight is 415 g/mol. The number of fused-ring (bicyclic) bond motifs is 3. The Labute approximate surface area is 170 Å². The van der Waals surface area contributed by atoms with Crippen molar-refractivity contribution >= 4 is 23.2 Å². The number of primary amides is 1. The topological polar surface area (TPSA) is 178 Å². The molecule has 5 atom stereocenters. The summed E-state index contributed by atoms with van der Waals surface area (Å²) >= 11 is 0. The normalized spacial score (nSPS) is 33.2. The molecule has 0 saturated heterocycles. The molecule has 0 aliphatic heterocycles. The zero-order valence-electron chi connectivity index (χ0n) is 16.2. The highest BCUT2D eigenvalue weighted by molar-refractivity contribution is 6.22. The number of rotatable bonds is 1. The molecule has 3 aliphatic rings. The van der Waals surface area contributed by atoms with E-state index in [1.807, 2.05) is 0 Å². The lowest BCUT2D eigenvalue weighted by atomic mass is 9.55. The van der Waals surface area contributed by atoms with Gasteiger partial charge in [0.05, 0.1) is 11.7 Å². The van der Waals surface area contributed by atoms with Gasteiger partial charge in [-0.2, -0.15) is 0 Å². The number of hydrogen-bond acceptors (Lipinski definition) is 8. The Morgan fingerprint density at radius 1 is 1.20 bits per heavy atom. The molecule has 158 valence electrons. The lowest BCUT2D eigenvalue weighted by Crippen LogP contribution is -2.63. The van der Waals surface area contributed by atoms with E-state index in [1.165, 1.54) is 0 Å². The number of hydrogen-bond donors (Lipinski definition) is 6. The van der Waals surface area contributed by atoms with Gasteiger partial charge in [-0.05, 0) is 24.0 Å². The minimum atomic E-state index is -2.81. The number of phenols is 1. The number of carbonyl (C=O) groups excluding carboxylic acids is 3. The Hall–Kier alpha value is -3.17. The highest BCUT2D eigenvalue weighted by atomic mass is 16.4. The molecule has 0 unspecified atom stereocenters. The van der Waals surface area contributed by atoms with Gasteiger partial charge in [-0.1, -0.05) is 19.1 Å². The minimum absolute atomic E-state index is 0.00169. The molecular formula is C21H21NO8. The maximum atomic E-state index is 13.4. The van der Waals surface area contributed by atoms with Crippen molar-refractivity contribution in [3.05, 3.63) is 45.7 Å². The Kier molecular flexibility index (Phi) is 4.13. The number of ketones is 2. The Morgan fingerprint density at radius 2 is 1.83 bits per heavy atom. The number of nitrogens with two attached hydrogens (primary N) is 1. The third-order valence-electron chi connectivity index (χ3n) is 6.70. The second-order valence-corrected chi connectivity index (χ2v) is 8.18. The molecule has 1 aromatic carbocycles. The summed E-state index contributed by atoms with van der Waals surface area (Å²) in [7, 11) is 0. The molecule has 30 heavy (non-hydrogen) atoms. The molecule has 7 N–H and O–H groups in total. The van der Waals surface area contributed by atoms with Crippen LogP contribution in [0.15, 0.2) is 29.0 Å². The van der Waals surface area contributed by atoms with E-state index in [0.717, 1.165) is 0 Å². The van der Waals surface area contributed by atoms with Gasteiger partial charge in [0.1, 0.15) is 22.8 Å². The zero-order valence-corrected chi connectivity index (χ0v) is 16.2. The lowest BCUT2D eigenvalue weighted by Gasteiger charge is -2.50. The predicted octanol–water partition coefficient (Wildman–Crippen LogP) is 0.264. The summed E-state index contributed by atoms with van der Waals surface area (Å²) in [5.74, 6) is -8.49. The van der Waals surface area contributed by atoms with Crippen molar-refractivity contribution < 1.29 is 39.9 Å². The van der Waals surface area contributed by atoms with Crippen molar-refractivity contribution in [1.29, 1.82) is 0 Å². The van der Waals surface area contributed by atoms with Crippen molar-refractivity contribution in [2.45, 2.75) is 37.9 Å². The van der Waals surface area contributed by atoms with Gasteiger partial charge < -0.3 is 31.3 Å². The minimum Gasteiger partial charge on any atom is -0.508 e. The molecule has 0 radical (unpaired) electrons. The van der Waals surface area contributed by atoms with Gasteiger partial charge in [-0.15, -0.1) is 0 Å². The molecule has 9 heteroatoms. The number of aryl methyl sites for hydroxylation is 1. The van der Waals surface area contributed by atoms with Gasteiger partial charge in [0.25, 0.3) is 5.91 Å². The molecule has 0 spiro atoms. The molecule has 4 rings (SSSR count). The van der Waals surface area contributed by atoms with Crippen LogP contribution in [0.1, 0.15) is 36.0 Å². The SMILES string of the molecule is Cc1ccc2c(c1O)C(O)=C1C(=O)[C@]3(O)C(O)=C(C(N)=O)C(=O)C[C@@H]3[C@@H](O)[C@@H]1[C@H]2C. The third kappa shape index (κ3) is 2.21. The second kappa shape index (κ2) is 6.16. The number of benzene rings is 1. The Balaban J connectivity index is 2.03. The van der Waals surface area contributed by atoms with Crippen LogP contribution in [0.5, 0.6) is 5.75 Å². The van der Waals surface area contributed by atoms with Crippen LogP contribution in [0.2, 0.25) is 0 Å². The Bertz CT molecular complexity index is 1100. The quantitative estimate of drug-likeness (QED) is 0.354. The van der Waals surface area contributed by atoms with Gasteiger partial charge in [-0.3, -0.25) is 14.4 Å². The first-order chi connectivity index (χ1) is 13.9. The van der Waals surface area contributed by atoms with Crippen molar-refractivity contribution in [2.75, 3.05) is 0 Å². The summed E-state index contributed by atoms with van der Waals surface area (Å²) < 4.78 is 0. The van der Waals surface area contributed by atoms with Crippen molar-refractivity contribution in [3.63, 3.8) is 0 Å². The van der Waals surface area contributed by atoms with Crippen LogP contribution >= 0.6 is 0 Å². The van der Waals surface area contributed by atoms with Crippen LogP contribution in [0.4, 0.5) is 0 Å². The molecule has 0 aromatic heterocycles. The molecule has 1 amide bonds. The summed E-state index contributed by atoms with van der Waals surface area (Å²) in [5, 5.41) is 54.1. The second-order valence-electron chi connectivity index (χ2n) is 8.18. The van der Waals surface area contributed by atoms with E-state index in [1.54, 1.807) is 26.0 Å². The molecule has 1 aromatic rings. The molecule has 0 heterocycles. The van der Waals surface area contributed by atoms with Gasteiger partial charge in [-0.25, -0.2) is 0 Å². The fourth-order valence-corrected chi connectivity index (χ4v) is 5.10. The summed E-state index contributed by atoms with van der Waals surface area (Å²) in [4.78, 5) is 37.4. The maximum absolute atomic E-state index is 13.4. The molecular weight excluding hydrogens is 394 g/mol. The van der Waals surface area contributed by atoms with Crippen molar-refractivity contribution in [3.8, 4) is 5.75 Å². The smallest absolute Gasteiger partial charge is 0.255 e. The first-order valence-electron chi connectivity index (χ1n) is 9.42. The number of aliphatic hydroxyl groups is 4. The van der Waals surface area contributed by atoms with Crippen LogP contribution in [0.25, 0.3) is 5.76 Å². The summed E-state index contributed by atoms with van der Waals surface area (Å²) in [5.41, 5.74) is 1.96. The number of carbonyl (C=O) groups is 3. The van der Waals surface area contributed by atoms with Crippen LogP contribution in [0, 0.1) is 18.8 Å². The van der Waals surface area contributed by atoms with Crippen LogP contribution in [-0.4, -0.2) is 54.7 Å². The number of Topliss-reactive ketones (excluding diaryl/α,β-unsaturated/α-hetero) is 2. The van der Waals surface area contributed by atoms with Crippen LogP contribution in [0.3, 0.4) is 0 Å². The van der Waals surface area contributed by atoms with Crippen LogP contribution < -0.4 is 5.73 Å². The van der Waals surface area contributed by atoms with E-state index < -0.39 is 70.4 Å². The molecule has 0 bridgehead atoms. The fraction of sp³-hybridized carbons (Fsp3) is 0.381. The van der Waals surface area contributed by atoms with E-state index in [-0.39, 0.29) is 16.9 Å². The lowest BCUT2D eigenvalue weighted by molar-refractivity contribution is -0.160. The standard InChI is InChI=1S/C21H21NO8/c1-6-3-4-8-7(2)11-14(17(26)12(8)15(6)24)19(28)21(30)9(16(11)25)5-10(23)13(18(21)27)20(22)29/h3-4,7,9,11,16,24-27,30H,5H2,1-2H3,(H2,22,29)/t7-,9+,11+,16+,21+/m0/s1. The average Bonchev–Trinajstić information content (AvgIpc) is 2.67. The summed E-state index contributed by atoms with van der Waals surface area (Å²) in [6, 6.07) is 3.29. The van der Waals surface area contributed by atoms with Crippen molar-refractivity contribution in [2.24, 2.45) is 17.6 Å². The van der Waals surface area contributed by atoms with Gasteiger partial charge in [0.2, 0.25) is 5.78 Å². The molecule has 9 nitrogen and oxygen atoms in total. The van der Waals surface area contributed by atoms with E-state index in [2.05, 4.69) is 0 Å². The van der Waals surface area contributed by atoms with Gasteiger partial charge >= 0.3 is 0 Å². The summed E-state index contributed by atoms with van der Waals surface area (Å²) in [6.07, 6.45) is -2.10. The molecule has 1 saturated carbocycles. The predicted molar refractivity (Wildman–Crippen MR) is 102 cm³/mol. The molecule has 3 aliphatic carbocycles. The Morgan fingerprint density at radius 3 is 2.43 bits per heavy atom. The highest BCUT2D eigenvalue weighted by Gasteiger charge is 2.64. The van der Waals surface area contributed by atoms with E-state index in [9.17, 15) is 39.9 Å². The van der Waals surface area contributed by atoms with Gasteiger partial charge in [0.15, 0.2) is 11.4 Å². The largest absolute Gasteiger partial charge is 0.508 e. The fourth-order valence-electron chi connectivity index (χ4n) is 5.10. The first-order valence-corrected chi connectivity index (χ1v) is 9.42. The summed E-state index contributed by atoms with van der Waals surface area (Å²) in [6.45, 7) is 3.28. The van der Waals surface area contributed by atoms with E-state index in [0.29, 0.717) is 11.1 Å². The van der Waals surface area contributed by atoms with E-state index in [4.69, 9.17) is 5.73 Å². The first kappa shape index (κ1) is 20.1.